The minimum Gasteiger partial charge on any atom is -0.342 e. The van der Waals surface area contributed by atoms with Crippen LogP contribution in [0.2, 0.25) is 0 Å². The van der Waals surface area contributed by atoms with Crippen LogP contribution < -0.4 is 5.32 Å². The van der Waals surface area contributed by atoms with Crippen LogP contribution in [0.1, 0.15) is 30.4 Å². The van der Waals surface area contributed by atoms with Gasteiger partial charge in [0.2, 0.25) is 5.91 Å². The van der Waals surface area contributed by atoms with Crippen LogP contribution in [-0.2, 0) is 11.2 Å². The highest BCUT2D eigenvalue weighted by Crippen LogP contribution is 2.17. The normalized spacial score (nSPS) is 19.1. The average molecular weight is 274 g/mol. The van der Waals surface area contributed by atoms with Crippen molar-refractivity contribution in [3.63, 3.8) is 0 Å². The Morgan fingerprint density at radius 3 is 2.95 bits per heavy atom. The van der Waals surface area contributed by atoms with Gasteiger partial charge in [-0.2, -0.15) is 0 Å². The number of nitrogens with one attached hydrogen (secondary N) is 1. The van der Waals surface area contributed by atoms with Crippen LogP contribution >= 0.6 is 0 Å². The molecule has 1 aliphatic rings. The molecule has 1 aromatic rings. The van der Waals surface area contributed by atoms with Crippen LogP contribution in [0.25, 0.3) is 0 Å². The van der Waals surface area contributed by atoms with Crippen molar-refractivity contribution >= 4 is 5.91 Å². The van der Waals surface area contributed by atoms with E-state index in [4.69, 9.17) is 0 Å². The number of hydrogen-bond acceptors (Lipinski definition) is 2. The summed E-state index contributed by atoms with van der Waals surface area (Å²) in [6.07, 6.45) is 3.88. The molecule has 1 atom stereocenters. The maximum atomic E-state index is 12.3. The summed E-state index contributed by atoms with van der Waals surface area (Å²) in [5.41, 5.74) is 2.58. The third-order valence-corrected chi connectivity index (χ3v) is 4.23. The topological polar surface area (TPSA) is 32.3 Å². The van der Waals surface area contributed by atoms with Crippen molar-refractivity contribution in [3.05, 3.63) is 35.4 Å². The van der Waals surface area contributed by atoms with Gasteiger partial charge in [0.25, 0.3) is 0 Å². The van der Waals surface area contributed by atoms with Gasteiger partial charge in [0, 0.05) is 19.5 Å². The van der Waals surface area contributed by atoms with Crippen LogP contribution in [0, 0.1) is 12.8 Å². The molecule has 20 heavy (non-hydrogen) atoms. The van der Waals surface area contributed by atoms with E-state index in [0.29, 0.717) is 18.2 Å². The number of benzene rings is 1. The second kappa shape index (κ2) is 7.44. The third kappa shape index (κ3) is 4.07. The van der Waals surface area contributed by atoms with Gasteiger partial charge in [0.1, 0.15) is 0 Å². The minimum absolute atomic E-state index is 0.314. The predicted molar refractivity (Wildman–Crippen MR) is 82.7 cm³/mol. The second-order valence-corrected chi connectivity index (χ2v) is 5.83. The maximum Gasteiger partial charge on any atom is 0.222 e. The molecule has 3 nitrogen and oxygen atoms in total. The summed E-state index contributed by atoms with van der Waals surface area (Å²) >= 11 is 0. The number of aryl methyl sites for hydroxylation is 2. The second-order valence-electron chi connectivity index (χ2n) is 5.83. The SMILES string of the molecule is CNC[C@@H]1CCCN(C(=O)CCc2ccccc2C)C1. The quantitative estimate of drug-likeness (QED) is 0.894. The van der Waals surface area contributed by atoms with Crippen molar-refractivity contribution in [1.82, 2.24) is 10.2 Å². The third-order valence-electron chi connectivity index (χ3n) is 4.23. The van der Waals surface area contributed by atoms with Gasteiger partial charge >= 0.3 is 0 Å². The van der Waals surface area contributed by atoms with Crippen molar-refractivity contribution in [2.75, 3.05) is 26.7 Å². The number of nitrogens with zero attached hydrogens (tertiary/aromatic N) is 1. The van der Waals surface area contributed by atoms with E-state index in [0.717, 1.165) is 32.5 Å². The lowest BCUT2D eigenvalue weighted by molar-refractivity contribution is -0.132. The summed E-state index contributed by atoms with van der Waals surface area (Å²) in [4.78, 5) is 14.4. The highest BCUT2D eigenvalue weighted by molar-refractivity contribution is 5.76. The molecule has 0 aromatic heterocycles. The Kier molecular flexibility index (Phi) is 5.60. The van der Waals surface area contributed by atoms with Crippen LogP contribution in [0.4, 0.5) is 0 Å². The Balaban J connectivity index is 1.84. The average Bonchev–Trinajstić information content (AvgIpc) is 2.47. The molecule has 0 aliphatic carbocycles. The van der Waals surface area contributed by atoms with Gasteiger partial charge in [-0.05, 0) is 56.8 Å². The largest absolute Gasteiger partial charge is 0.342 e. The van der Waals surface area contributed by atoms with E-state index < -0.39 is 0 Å². The Hall–Kier alpha value is -1.35. The van der Waals surface area contributed by atoms with E-state index >= 15 is 0 Å². The lowest BCUT2D eigenvalue weighted by Gasteiger charge is -2.32. The van der Waals surface area contributed by atoms with Crippen molar-refractivity contribution < 1.29 is 4.79 Å². The number of carbonyl (C=O) groups is 1. The van der Waals surface area contributed by atoms with Gasteiger partial charge in [-0.3, -0.25) is 4.79 Å². The molecular weight excluding hydrogens is 248 g/mol. The number of amides is 1. The highest BCUT2D eigenvalue weighted by Gasteiger charge is 2.22. The molecule has 3 heteroatoms. The highest BCUT2D eigenvalue weighted by atomic mass is 16.2. The van der Waals surface area contributed by atoms with Crippen molar-refractivity contribution in [2.45, 2.75) is 32.6 Å². The van der Waals surface area contributed by atoms with Gasteiger partial charge in [0.05, 0.1) is 0 Å². The Morgan fingerprint density at radius 2 is 2.20 bits per heavy atom. The Bertz CT molecular complexity index is 442. The Morgan fingerprint density at radius 1 is 1.40 bits per heavy atom. The molecule has 0 bridgehead atoms. The van der Waals surface area contributed by atoms with E-state index in [9.17, 15) is 4.79 Å². The number of carbonyl (C=O) groups excluding carboxylic acids is 1. The molecule has 1 aliphatic heterocycles. The smallest absolute Gasteiger partial charge is 0.222 e. The molecule has 110 valence electrons. The van der Waals surface area contributed by atoms with Crippen molar-refractivity contribution in [3.8, 4) is 0 Å². The molecule has 1 fully saturated rings. The molecule has 0 saturated carbocycles. The number of hydrogen-bond donors (Lipinski definition) is 1. The summed E-state index contributed by atoms with van der Waals surface area (Å²) in [6.45, 7) is 4.99. The first-order chi connectivity index (χ1) is 9.70. The summed E-state index contributed by atoms with van der Waals surface area (Å²) in [6, 6.07) is 8.34. The standard InChI is InChI=1S/C17H26N2O/c1-14-6-3-4-8-16(14)9-10-17(20)19-11-5-7-15(13-19)12-18-2/h3-4,6,8,15,18H,5,7,9-13H2,1-2H3/t15-/m0/s1. The number of rotatable bonds is 5. The summed E-state index contributed by atoms with van der Waals surface area (Å²) in [5.74, 6) is 0.935. The van der Waals surface area contributed by atoms with Gasteiger partial charge in [0.15, 0.2) is 0 Å². The van der Waals surface area contributed by atoms with E-state index in [-0.39, 0.29) is 0 Å². The predicted octanol–water partition coefficient (Wildman–Crippen LogP) is 2.39. The lowest BCUT2D eigenvalue weighted by Crippen LogP contribution is -2.42. The van der Waals surface area contributed by atoms with Gasteiger partial charge in [-0.1, -0.05) is 24.3 Å². The van der Waals surface area contributed by atoms with Gasteiger partial charge < -0.3 is 10.2 Å². The Labute approximate surface area is 122 Å². The lowest BCUT2D eigenvalue weighted by atomic mass is 9.97. The molecular formula is C17H26N2O. The van der Waals surface area contributed by atoms with Crippen LogP contribution in [-0.4, -0.2) is 37.5 Å². The zero-order valence-electron chi connectivity index (χ0n) is 12.7. The minimum atomic E-state index is 0.314. The van der Waals surface area contributed by atoms with Crippen molar-refractivity contribution in [1.29, 1.82) is 0 Å². The molecule has 1 aromatic carbocycles. The van der Waals surface area contributed by atoms with Crippen LogP contribution in [0.5, 0.6) is 0 Å². The number of piperidine rings is 1. The first-order valence-corrected chi connectivity index (χ1v) is 7.67. The van der Waals surface area contributed by atoms with E-state index in [2.05, 4.69) is 35.3 Å². The fraction of sp³-hybridized carbons (Fsp3) is 0.588. The van der Waals surface area contributed by atoms with E-state index in [1.54, 1.807) is 0 Å². The summed E-state index contributed by atoms with van der Waals surface area (Å²) in [5, 5.41) is 3.22. The zero-order chi connectivity index (χ0) is 14.4. The fourth-order valence-corrected chi connectivity index (χ4v) is 3.04. The molecule has 0 unspecified atom stereocenters. The summed E-state index contributed by atoms with van der Waals surface area (Å²) < 4.78 is 0. The molecule has 0 spiro atoms. The first kappa shape index (κ1) is 15.0. The van der Waals surface area contributed by atoms with Crippen LogP contribution in [0.3, 0.4) is 0 Å². The fourth-order valence-electron chi connectivity index (χ4n) is 3.04. The molecule has 0 radical (unpaired) electrons. The van der Waals surface area contributed by atoms with E-state index in [1.165, 1.54) is 17.5 Å². The molecule has 1 N–H and O–H groups in total. The zero-order valence-corrected chi connectivity index (χ0v) is 12.7. The van der Waals surface area contributed by atoms with Crippen LogP contribution in [0.15, 0.2) is 24.3 Å². The molecule has 2 rings (SSSR count). The van der Waals surface area contributed by atoms with Gasteiger partial charge in [-0.25, -0.2) is 0 Å². The summed E-state index contributed by atoms with van der Waals surface area (Å²) in [7, 11) is 1.99. The maximum absolute atomic E-state index is 12.3. The first-order valence-electron chi connectivity index (χ1n) is 7.67. The molecule has 1 amide bonds. The molecule has 1 saturated heterocycles. The van der Waals surface area contributed by atoms with E-state index in [1.807, 2.05) is 13.1 Å². The number of likely N-dealkylation sites (tertiary alicyclic amines) is 1. The molecule has 1 heterocycles. The van der Waals surface area contributed by atoms with Gasteiger partial charge in [-0.15, -0.1) is 0 Å². The monoisotopic (exact) mass is 274 g/mol. The van der Waals surface area contributed by atoms with Crippen molar-refractivity contribution in [2.24, 2.45) is 5.92 Å².